The number of aldehydes is 1. The number of aromatic nitrogens is 2. The zero-order valence-corrected chi connectivity index (χ0v) is 21.4. The fourth-order valence-corrected chi connectivity index (χ4v) is 4.02. The summed E-state index contributed by atoms with van der Waals surface area (Å²) in [5.41, 5.74) is 1.000. The summed E-state index contributed by atoms with van der Waals surface area (Å²) in [5.74, 6) is -4.33. The summed E-state index contributed by atoms with van der Waals surface area (Å²) in [6.07, 6.45) is 7.15. The Morgan fingerprint density at radius 3 is 2.55 bits per heavy atom. The number of carbonyl (C=O) groups excluding carboxylic acids is 5. The minimum Gasteiger partial charge on any atom is -0.481 e. The van der Waals surface area contributed by atoms with Crippen LogP contribution >= 0.6 is 0 Å². The highest BCUT2D eigenvalue weighted by Gasteiger charge is 2.37. The van der Waals surface area contributed by atoms with Gasteiger partial charge in [-0.15, -0.1) is 0 Å². The molecule has 0 saturated carbocycles. The number of hydrogen-bond acceptors (Lipinski definition) is 8. The van der Waals surface area contributed by atoms with Crippen LogP contribution in [0.5, 0.6) is 0 Å². The molecule has 14 nitrogen and oxygen atoms in total. The molecule has 0 saturated heterocycles. The molecule has 1 aliphatic rings. The van der Waals surface area contributed by atoms with Crippen LogP contribution in [0.4, 0.5) is 11.4 Å². The number of aliphatic hydroxyl groups excluding tert-OH is 1. The predicted octanol–water partition coefficient (Wildman–Crippen LogP) is -0.615. The van der Waals surface area contributed by atoms with Crippen molar-refractivity contribution in [1.29, 1.82) is 0 Å². The second-order valence-corrected chi connectivity index (χ2v) is 8.62. The van der Waals surface area contributed by atoms with Gasteiger partial charge in [-0.2, -0.15) is 0 Å². The van der Waals surface area contributed by atoms with E-state index in [1.165, 1.54) is 36.8 Å². The van der Waals surface area contributed by atoms with Gasteiger partial charge >= 0.3 is 5.97 Å². The molecule has 0 aliphatic carbocycles. The van der Waals surface area contributed by atoms with Crippen LogP contribution in [0.25, 0.3) is 6.08 Å². The van der Waals surface area contributed by atoms with Gasteiger partial charge in [0.2, 0.25) is 5.91 Å². The summed E-state index contributed by atoms with van der Waals surface area (Å²) in [5, 5.41) is 23.4. The number of para-hydroxylation sites is 2. The number of H-pyrrole nitrogens is 1. The lowest BCUT2D eigenvalue weighted by Crippen LogP contribution is -2.55. The zero-order valence-electron chi connectivity index (χ0n) is 21.4. The molecule has 14 heteroatoms. The van der Waals surface area contributed by atoms with Crippen LogP contribution in [0.2, 0.25) is 0 Å². The monoisotopic (exact) mass is 552 g/mol. The highest BCUT2D eigenvalue weighted by Crippen LogP contribution is 2.33. The van der Waals surface area contributed by atoms with Crippen LogP contribution in [0.3, 0.4) is 0 Å². The van der Waals surface area contributed by atoms with Crippen LogP contribution in [0.1, 0.15) is 19.0 Å². The third-order valence-electron chi connectivity index (χ3n) is 5.78. The Bertz CT molecular complexity index is 1340. The number of nitrogens with one attached hydrogen (secondary N) is 3. The standard InChI is InChI=1S/C26H28N6O8/c1-2-5-16(8-17-10-27-15-28-17)25(39)30-19-11-31(23(36)14-34)20-6-3-4-7-21(20)32(26(19)40)12-22(35)29-18(13-33)9-24(37)38/h2-8,10,13,15,18-19,34H,9,11-12,14H2,1H3,(H,27,28)(H,29,35)(H,30,39)(H,37,38)/t18-,19-/m0/s1. The number of anilines is 2. The van der Waals surface area contributed by atoms with E-state index >= 15 is 0 Å². The number of carboxylic acids is 1. The number of benzene rings is 1. The Morgan fingerprint density at radius 1 is 1.23 bits per heavy atom. The van der Waals surface area contributed by atoms with Gasteiger partial charge in [-0.1, -0.05) is 24.3 Å². The first-order valence-corrected chi connectivity index (χ1v) is 12.1. The van der Waals surface area contributed by atoms with Crippen molar-refractivity contribution >= 4 is 53.3 Å². The van der Waals surface area contributed by atoms with E-state index in [9.17, 15) is 33.9 Å². The number of aliphatic hydroxyl groups is 1. The summed E-state index contributed by atoms with van der Waals surface area (Å²) in [7, 11) is 0. The summed E-state index contributed by atoms with van der Waals surface area (Å²) in [6, 6.07) is 3.44. The minimum absolute atomic E-state index is 0.128. The molecule has 0 unspecified atom stereocenters. The number of amides is 4. The summed E-state index contributed by atoms with van der Waals surface area (Å²) in [4.78, 5) is 83.7. The van der Waals surface area contributed by atoms with Crippen LogP contribution < -0.4 is 20.4 Å². The molecule has 40 heavy (non-hydrogen) atoms. The number of carbonyl (C=O) groups is 6. The molecule has 2 aromatic rings. The fourth-order valence-electron chi connectivity index (χ4n) is 4.02. The maximum absolute atomic E-state index is 13.8. The number of aromatic amines is 1. The van der Waals surface area contributed by atoms with Gasteiger partial charge in [0.15, 0.2) is 0 Å². The first-order chi connectivity index (χ1) is 19.2. The Labute approximate surface area is 228 Å². The molecule has 210 valence electrons. The molecule has 0 radical (unpaired) electrons. The van der Waals surface area contributed by atoms with Crippen LogP contribution in [-0.4, -0.2) is 87.8 Å². The van der Waals surface area contributed by atoms with Gasteiger partial charge in [0.25, 0.3) is 17.7 Å². The Balaban J connectivity index is 1.98. The van der Waals surface area contributed by atoms with E-state index < -0.39 is 61.3 Å². The second-order valence-electron chi connectivity index (χ2n) is 8.62. The second kappa shape index (κ2) is 13.6. The van der Waals surface area contributed by atoms with E-state index in [0.29, 0.717) is 5.69 Å². The lowest BCUT2D eigenvalue weighted by atomic mass is 10.1. The molecule has 2 heterocycles. The highest BCUT2D eigenvalue weighted by molar-refractivity contribution is 6.11. The van der Waals surface area contributed by atoms with Gasteiger partial charge in [0.1, 0.15) is 25.5 Å². The molecule has 2 atom stereocenters. The van der Waals surface area contributed by atoms with E-state index in [1.54, 1.807) is 25.1 Å². The molecule has 0 fully saturated rings. The van der Waals surface area contributed by atoms with Crippen LogP contribution in [-0.2, 0) is 28.8 Å². The molecular formula is C26H28N6O8. The number of imidazole rings is 1. The van der Waals surface area contributed by atoms with E-state index in [0.717, 1.165) is 9.80 Å². The van der Waals surface area contributed by atoms with E-state index in [4.69, 9.17) is 5.11 Å². The number of aliphatic carboxylic acids is 1. The Morgan fingerprint density at radius 2 is 1.95 bits per heavy atom. The van der Waals surface area contributed by atoms with Crippen molar-refractivity contribution in [2.24, 2.45) is 0 Å². The molecular weight excluding hydrogens is 524 g/mol. The van der Waals surface area contributed by atoms with E-state index in [-0.39, 0.29) is 29.8 Å². The molecule has 3 rings (SSSR count). The van der Waals surface area contributed by atoms with Crippen LogP contribution in [0.15, 0.2) is 54.5 Å². The smallest absolute Gasteiger partial charge is 0.305 e. The van der Waals surface area contributed by atoms with E-state index in [2.05, 4.69) is 20.6 Å². The van der Waals surface area contributed by atoms with Crippen molar-refractivity contribution in [3.05, 3.63) is 60.2 Å². The third-order valence-corrected chi connectivity index (χ3v) is 5.78. The van der Waals surface area contributed by atoms with Crippen molar-refractivity contribution < 1.29 is 39.0 Å². The molecule has 1 aliphatic heterocycles. The largest absolute Gasteiger partial charge is 0.481 e. The number of nitrogens with zero attached hydrogens (tertiary/aromatic N) is 3. The number of rotatable bonds is 11. The Hall–Kier alpha value is -5.11. The van der Waals surface area contributed by atoms with Crippen molar-refractivity contribution in [2.75, 3.05) is 29.5 Å². The lowest BCUT2D eigenvalue weighted by molar-refractivity contribution is -0.139. The van der Waals surface area contributed by atoms with Crippen molar-refractivity contribution in [2.45, 2.75) is 25.4 Å². The van der Waals surface area contributed by atoms with Crippen LogP contribution in [0, 0.1) is 0 Å². The fraction of sp³-hybridized carbons (Fsp3) is 0.269. The summed E-state index contributed by atoms with van der Waals surface area (Å²) in [6.45, 7) is -0.203. The first kappa shape index (κ1) is 29.4. The molecule has 4 amide bonds. The van der Waals surface area contributed by atoms with Gasteiger partial charge in [-0.3, -0.25) is 28.9 Å². The average Bonchev–Trinajstić information content (AvgIpc) is 3.42. The Kier molecular flexibility index (Phi) is 10.0. The van der Waals surface area contributed by atoms with Gasteiger partial charge in [-0.25, -0.2) is 4.98 Å². The van der Waals surface area contributed by atoms with Gasteiger partial charge in [0, 0.05) is 5.57 Å². The topological polar surface area (TPSA) is 202 Å². The third kappa shape index (κ3) is 7.26. The number of allylic oxidation sites excluding steroid dienone is 1. The number of fused-ring (bicyclic) bond motifs is 1. The summed E-state index contributed by atoms with van der Waals surface area (Å²) >= 11 is 0. The maximum atomic E-state index is 13.8. The van der Waals surface area contributed by atoms with Gasteiger partial charge in [-0.05, 0) is 25.1 Å². The maximum Gasteiger partial charge on any atom is 0.305 e. The predicted molar refractivity (Wildman–Crippen MR) is 142 cm³/mol. The molecule has 1 aromatic carbocycles. The first-order valence-electron chi connectivity index (χ1n) is 12.1. The van der Waals surface area contributed by atoms with E-state index in [1.807, 2.05) is 0 Å². The van der Waals surface area contributed by atoms with Gasteiger partial charge < -0.3 is 35.5 Å². The molecule has 0 bridgehead atoms. The zero-order chi connectivity index (χ0) is 29.2. The number of hydrogen-bond donors (Lipinski definition) is 5. The van der Waals surface area contributed by atoms with Crippen molar-refractivity contribution in [1.82, 2.24) is 20.6 Å². The molecule has 1 aromatic heterocycles. The van der Waals surface area contributed by atoms with Crippen molar-refractivity contribution in [3.63, 3.8) is 0 Å². The number of carboxylic acid groups (broad SMARTS) is 1. The highest BCUT2D eigenvalue weighted by atomic mass is 16.4. The lowest BCUT2D eigenvalue weighted by Gasteiger charge is -2.25. The average molecular weight is 553 g/mol. The van der Waals surface area contributed by atoms with Crippen molar-refractivity contribution in [3.8, 4) is 0 Å². The molecule has 5 N–H and O–H groups in total. The quantitative estimate of drug-likeness (QED) is 0.137. The SMILES string of the molecule is CC=CC(=Cc1cnc[nH]1)C(=O)N[C@H]1CN(C(=O)CO)c2ccccc2N(CC(=O)N[C@H](C=O)CC(=O)O)C1=O. The van der Waals surface area contributed by atoms with Gasteiger partial charge in [0.05, 0.1) is 48.6 Å². The summed E-state index contributed by atoms with van der Waals surface area (Å²) < 4.78 is 0. The minimum atomic E-state index is -1.36. The normalized spacial score (nSPS) is 16.2. The molecule has 0 spiro atoms.